The third kappa shape index (κ3) is 4.40. The minimum Gasteiger partial charge on any atom is -0.353 e. The number of thioether (sulfide) groups is 2. The molecule has 112 valence electrons. The predicted octanol–water partition coefficient (Wildman–Crippen LogP) is 4.36. The molecule has 2 saturated heterocycles. The average Bonchev–Trinajstić information content (AvgIpc) is 2.40. The first kappa shape index (κ1) is 16.2. The highest BCUT2D eigenvalue weighted by Crippen LogP contribution is 2.50. The van der Waals surface area contributed by atoms with E-state index in [9.17, 15) is 0 Å². The molecule has 19 heavy (non-hydrogen) atoms. The molecule has 0 saturated carbocycles. The molecule has 1 unspecified atom stereocenters. The fraction of sp³-hybridized carbons (Fsp3) is 1.00. The van der Waals surface area contributed by atoms with Crippen LogP contribution in [0.2, 0.25) is 19.6 Å². The van der Waals surface area contributed by atoms with Crippen LogP contribution in [-0.2, 0) is 9.47 Å². The second-order valence-corrected chi connectivity index (χ2v) is 15.6. The molecule has 5 heteroatoms. The summed E-state index contributed by atoms with van der Waals surface area (Å²) in [4.78, 5) is 0. The van der Waals surface area contributed by atoms with Crippen molar-refractivity contribution >= 4 is 31.6 Å². The molecule has 0 N–H and O–H groups in total. The Morgan fingerprint density at radius 2 is 1.89 bits per heavy atom. The third-order valence-corrected chi connectivity index (χ3v) is 14.1. The number of ether oxygens (including phenoxy) is 2. The van der Waals surface area contributed by atoms with Crippen molar-refractivity contribution in [2.75, 3.05) is 24.7 Å². The quantitative estimate of drug-likeness (QED) is 0.700. The lowest BCUT2D eigenvalue weighted by atomic mass is 10.2. The van der Waals surface area contributed by atoms with Crippen molar-refractivity contribution in [2.24, 2.45) is 0 Å². The first-order chi connectivity index (χ1) is 9.04. The molecule has 0 amide bonds. The van der Waals surface area contributed by atoms with Gasteiger partial charge in [0.1, 0.15) is 0 Å². The van der Waals surface area contributed by atoms with Crippen LogP contribution in [0.25, 0.3) is 0 Å². The van der Waals surface area contributed by atoms with Crippen LogP contribution in [0.5, 0.6) is 0 Å². The van der Waals surface area contributed by atoms with Crippen molar-refractivity contribution in [2.45, 2.75) is 61.7 Å². The van der Waals surface area contributed by atoms with Gasteiger partial charge in [0, 0.05) is 6.61 Å². The number of hydrogen-bond acceptors (Lipinski definition) is 4. The van der Waals surface area contributed by atoms with E-state index >= 15 is 0 Å². The van der Waals surface area contributed by atoms with E-state index in [4.69, 9.17) is 9.47 Å². The highest BCUT2D eigenvalue weighted by molar-refractivity contribution is 8.21. The summed E-state index contributed by atoms with van der Waals surface area (Å²) >= 11 is 4.42. The van der Waals surface area contributed by atoms with E-state index in [-0.39, 0.29) is 6.29 Å². The summed E-state index contributed by atoms with van der Waals surface area (Å²) in [5, 5.41) is 0. The second kappa shape index (κ2) is 7.21. The lowest BCUT2D eigenvalue weighted by Gasteiger charge is -2.45. The van der Waals surface area contributed by atoms with Crippen molar-refractivity contribution in [1.29, 1.82) is 0 Å². The molecule has 0 aromatic rings. The van der Waals surface area contributed by atoms with Crippen molar-refractivity contribution in [3.8, 4) is 0 Å². The van der Waals surface area contributed by atoms with Crippen LogP contribution in [0.1, 0.15) is 32.1 Å². The zero-order valence-electron chi connectivity index (χ0n) is 12.6. The van der Waals surface area contributed by atoms with E-state index in [0.717, 1.165) is 19.6 Å². The van der Waals surface area contributed by atoms with Gasteiger partial charge in [-0.2, -0.15) is 0 Å². The number of hydrogen-bond donors (Lipinski definition) is 0. The third-order valence-electron chi connectivity index (χ3n) is 3.97. The molecule has 1 atom stereocenters. The van der Waals surface area contributed by atoms with Gasteiger partial charge in [-0.1, -0.05) is 19.6 Å². The molecule has 0 aromatic carbocycles. The molecule has 0 radical (unpaired) electrons. The normalized spacial score (nSPS) is 28.3. The summed E-state index contributed by atoms with van der Waals surface area (Å²) in [6.45, 7) is 9.28. The minimum atomic E-state index is -1.19. The Labute approximate surface area is 127 Å². The smallest absolute Gasteiger partial charge is 0.157 e. The maximum absolute atomic E-state index is 5.98. The van der Waals surface area contributed by atoms with Gasteiger partial charge in [-0.25, -0.2) is 0 Å². The van der Waals surface area contributed by atoms with E-state index in [0.29, 0.717) is 3.70 Å². The first-order valence-corrected chi connectivity index (χ1v) is 13.0. The van der Waals surface area contributed by atoms with E-state index in [1.54, 1.807) is 0 Å². The highest BCUT2D eigenvalue weighted by Gasteiger charge is 2.45. The van der Waals surface area contributed by atoms with Gasteiger partial charge in [0.2, 0.25) is 0 Å². The van der Waals surface area contributed by atoms with E-state index in [1.165, 1.54) is 37.2 Å². The topological polar surface area (TPSA) is 18.5 Å². The van der Waals surface area contributed by atoms with Gasteiger partial charge >= 0.3 is 0 Å². The lowest BCUT2D eigenvalue weighted by molar-refractivity contribution is -0.162. The molecule has 2 heterocycles. The molecule has 2 rings (SSSR count). The van der Waals surface area contributed by atoms with E-state index in [1.807, 2.05) is 0 Å². The fourth-order valence-corrected chi connectivity index (χ4v) is 10.3. The van der Waals surface area contributed by atoms with E-state index < -0.39 is 8.07 Å². The molecular weight excluding hydrogens is 292 g/mol. The van der Waals surface area contributed by atoms with Crippen LogP contribution in [0.4, 0.5) is 0 Å². The summed E-state index contributed by atoms with van der Waals surface area (Å²) in [5.74, 6) is 2.66. The van der Waals surface area contributed by atoms with Crippen LogP contribution in [0.15, 0.2) is 0 Å². The summed E-state index contributed by atoms with van der Waals surface area (Å²) in [7, 11) is -1.19. The summed E-state index contributed by atoms with van der Waals surface area (Å²) < 4.78 is 12.1. The van der Waals surface area contributed by atoms with Crippen molar-refractivity contribution in [3.05, 3.63) is 0 Å². The van der Waals surface area contributed by atoms with Gasteiger partial charge < -0.3 is 9.47 Å². The molecule has 2 fully saturated rings. The van der Waals surface area contributed by atoms with Crippen LogP contribution in [-0.4, -0.2) is 42.8 Å². The summed E-state index contributed by atoms with van der Waals surface area (Å²) in [6.07, 6.45) is 6.18. The molecule has 0 aromatic heterocycles. The molecule has 0 bridgehead atoms. The minimum absolute atomic E-state index is 0.0750. The predicted molar refractivity (Wildman–Crippen MR) is 89.8 cm³/mol. The van der Waals surface area contributed by atoms with Gasteiger partial charge in [0.05, 0.1) is 18.4 Å². The first-order valence-electron chi connectivity index (χ1n) is 7.55. The largest absolute Gasteiger partial charge is 0.353 e. The van der Waals surface area contributed by atoms with Gasteiger partial charge in [-0.05, 0) is 43.6 Å². The zero-order valence-corrected chi connectivity index (χ0v) is 15.2. The van der Waals surface area contributed by atoms with Gasteiger partial charge in [0.15, 0.2) is 6.29 Å². The molecule has 2 aliphatic heterocycles. The molecule has 0 aliphatic carbocycles. The summed E-state index contributed by atoms with van der Waals surface area (Å²) in [6, 6.07) is 0. The molecule has 2 nitrogen and oxygen atoms in total. The fourth-order valence-electron chi connectivity index (χ4n) is 2.69. The monoisotopic (exact) mass is 320 g/mol. The number of rotatable bonds is 5. The zero-order chi connectivity index (χ0) is 13.8. The average molecular weight is 321 g/mol. The van der Waals surface area contributed by atoms with E-state index in [2.05, 4.69) is 43.2 Å². The highest BCUT2D eigenvalue weighted by atomic mass is 32.2. The van der Waals surface area contributed by atoms with Crippen LogP contribution in [0.3, 0.4) is 0 Å². The maximum atomic E-state index is 5.98. The molecule has 0 spiro atoms. The molecular formula is C14H28O2S2Si. The van der Waals surface area contributed by atoms with Gasteiger partial charge in [-0.3, -0.25) is 0 Å². The second-order valence-electron chi connectivity index (χ2n) is 6.47. The SMILES string of the molecule is C[Si](C)(C)C1(CCOC2CCCCO2)SCCCS1. The Bertz CT molecular complexity index is 269. The Kier molecular flexibility index (Phi) is 6.15. The van der Waals surface area contributed by atoms with Gasteiger partial charge in [-0.15, -0.1) is 23.5 Å². The Morgan fingerprint density at radius 1 is 1.16 bits per heavy atom. The summed E-state index contributed by atoms with van der Waals surface area (Å²) in [5.41, 5.74) is 0. The van der Waals surface area contributed by atoms with Crippen LogP contribution in [0, 0.1) is 0 Å². The lowest BCUT2D eigenvalue weighted by Crippen LogP contribution is -2.49. The van der Waals surface area contributed by atoms with Gasteiger partial charge in [0.25, 0.3) is 0 Å². The van der Waals surface area contributed by atoms with Crippen molar-refractivity contribution in [3.63, 3.8) is 0 Å². The van der Waals surface area contributed by atoms with Crippen molar-refractivity contribution in [1.82, 2.24) is 0 Å². The molecule has 2 aliphatic rings. The standard InChI is InChI=1S/C14H28O2S2Si/c1-19(2,3)14(17-11-6-12-18-14)8-10-16-13-7-4-5-9-15-13/h13H,4-12H2,1-3H3. The Morgan fingerprint density at radius 3 is 2.47 bits per heavy atom. The van der Waals surface area contributed by atoms with Crippen LogP contribution < -0.4 is 0 Å². The Balaban J connectivity index is 1.82. The maximum Gasteiger partial charge on any atom is 0.157 e. The Hall–Kier alpha value is 0.837. The van der Waals surface area contributed by atoms with Crippen LogP contribution >= 0.6 is 23.5 Å². The van der Waals surface area contributed by atoms with Crippen molar-refractivity contribution < 1.29 is 9.47 Å².